The summed E-state index contributed by atoms with van der Waals surface area (Å²) in [5.74, 6) is 0. The molecule has 0 unspecified atom stereocenters. The maximum Gasteiger partial charge on any atom is 0.508 e. The molecule has 2 bridgehead atoms. The van der Waals surface area contributed by atoms with E-state index in [-0.39, 0.29) is 0 Å². The Bertz CT molecular complexity index is 260. The molecule has 2 aliphatic heterocycles. The maximum absolute atomic E-state index is 10.8. The molecular formula is C9H8O3. The average molecular weight is 164 g/mol. The highest BCUT2D eigenvalue weighted by Gasteiger charge is 2.07. The fourth-order valence-electron chi connectivity index (χ4n) is 1.06. The first-order valence-electron chi connectivity index (χ1n) is 3.72. The van der Waals surface area contributed by atoms with Crippen LogP contribution in [0.15, 0.2) is 24.3 Å². The molecule has 62 valence electrons. The standard InChI is InChI=1S/C9H8O3/c10-9-11-5-7-1-2-8(4-3-7)6-12-9/h1-4H,5-6H2. The van der Waals surface area contributed by atoms with Gasteiger partial charge in [0.25, 0.3) is 0 Å². The molecule has 1 aromatic rings. The van der Waals surface area contributed by atoms with Gasteiger partial charge in [-0.1, -0.05) is 24.3 Å². The predicted molar refractivity (Wildman–Crippen MR) is 41.4 cm³/mol. The van der Waals surface area contributed by atoms with E-state index >= 15 is 0 Å². The Morgan fingerprint density at radius 2 is 1.33 bits per heavy atom. The van der Waals surface area contributed by atoms with Gasteiger partial charge in [0.15, 0.2) is 0 Å². The van der Waals surface area contributed by atoms with E-state index in [4.69, 9.17) is 9.47 Å². The summed E-state index contributed by atoms with van der Waals surface area (Å²) in [6, 6.07) is 7.71. The van der Waals surface area contributed by atoms with Gasteiger partial charge < -0.3 is 9.47 Å². The molecule has 0 saturated heterocycles. The monoisotopic (exact) mass is 164 g/mol. The van der Waals surface area contributed by atoms with Gasteiger partial charge in [-0.25, -0.2) is 4.79 Å². The second-order valence-electron chi connectivity index (χ2n) is 2.64. The lowest BCUT2D eigenvalue weighted by Crippen LogP contribution is -2.05. The van der Waals surface area contributed by atoms with Crippen LogP contribution in [0.3, 0.4) is 0 Å². The van der Waals surface area contributed by atoms with Crippen molar-refractivity contribution in [2.24, 2.45) is 0 Å². The van der Waals surface area contributed by atoms with Crippen molar-refractivity contribution in [1.29, 1.82) is 0 Å². The zero-order valence-corrected chi connectivity index (χ0v) is 6.45. The Labute approximate surface area is 69.9 Å². The van der Waals surface area contributed by atoms with Crippen LogP contribution in [0.1, 0.15) is 11.1 Å². The zero-order chi connectivity index (χ0) is 8.39. The van der Waals surface area contributed by atoms with Crippen molar-refractivity contribution in [3.8, 4) is 0 Å². The normalized spacial score (nSPS) is 15.5. The first kappa shape index (κ1) is 7.16. The average Bonchev–Trinajstić information content (AvgIpc) is 2.24. The number of carbonyl (C=O) groups excluding carboxylic acids is 1. The van der Waals surface area contributed by atoms with Crippen LogP contribution in [0.4, 0.5) is 4.79 Å². The second-order valence-corrected chi connectivity index (χ2v) is 2.64. The molecule has 0 spiro atoms. The van der Waals surface area contributed by atoms with Crippen LogP contribution in [-0.4, -0.2) is 6.16 Å². The molecule has 12 heavy (non-hydrogen) atoms. The van der Waals surface area contributed by atoms with Gasteiger partial charge >= 0.3 is 6.16 Å². The molecular weight excluding hydrogens is 156 g/mol. The third-order valence-electron chi connectivity index (χ3n) is 1.74. The summed E-state index contributed by atoms with van der Waals surface area (Å²) < 4.78 is 9.56. The van der Waals surface area contributed by atoms with Gasteiger partial charge in [0.1, 0.15) is 13.2 Å². The van der Waals surface area contributed by atoms with Crippen molar-refractivity contribution >= 4 is 6.16 Å². The summed E-state index contributed by atoms with van der Waals surface area (Å²) in [6.45, 7) is 0.582. The van der Waals surface area contributed by atoms with E-state index in [0.29, 0.717) is 13.2 Å². The lowest BCUT2D eigenvalue weighted by molar-refractivity contribution is 0.0458. The highest BCUT2D eigenvalue weighted by atomic mass is 16.7. The molecule has 0 aromatic heterocycles. The van der Waals surface area contributed by atoms with Gasteiger partial charge in [-0.2, -0.15) is 0 Å². The smallest absolute Gasteiger partial charge is 0.429 e. The van der Waals surface area contributed by atoms with Crippen LogP contribution < -0.4 is 0 Å². The highest BCUT2D eigenvalue weighted by Crippen LogP contribution is 2.10. The van der Waals surface area contributed by atoms with E-state index in [9.17, 15) is 4.79 Å². The third kappa shape index (κ3) is 1.39. The van der Waals surface area contributed by atoms with Crippen LogP contribution in [0.25, 0.3) is 0 Å². The Hall–Kier alpha value is -1.51. The molecule has 3 nitrogen and oxygen atoms in total. The van der Waals surface area contributed by atoms with Gasteiger partial charge in [0.05, 0.1) is 0 Å². The Morgan fingerprint density at radius 1 is 0.917 bits per heavy atom. The fourth-order valence-corrected chi connectivity index (χ4v) is 1.06. The fraction of sp³-hybridized carbons (Fsp3) is 0.222. The molecule has 2 aliphatic rings. The minimum Gasteiger partial charge on any atom is -0.429 e. The lowest BCUT2D eigenvalue weighted by Gasteiger charge is -2.00. The van der Waals surface area contributed by atoms with E-state index in [1.54, 1.807) is 0 Å². The number of carbonyl (C=O) groups is 1. The molecule has 3 rings (SSSR count). The molecule has 3 heteroatoms. The molecule has 0 saturated carbocycles. The van der Waals surface area contributed by atoms with Crippen molar-refractivity contribution in [2.45, 2.75) is 13.2 Å². The van der Waals surface area contributed by atoms with Gasteiger partial charge in [0.2, 0.25) is 0 Å². The first-order chi connectivity index (χ1) is 5.84. The quantitative estimate of drug-likeness (QED) is 0.549. The van der Waals surface area contributed by atoms with Crippen LogP contribution in [-0.2, 0) is 22.7 Å². The number of benzene rings is 1. The first-order valence-corrected chi connectivity index (χ1v) is 3.72. The minimum absolute atomic E-state index is 0.291. The number of hydrogen-bond acceptors (Lipinski definition) is 3. The van der Waals surface area contributed by atoms with Crippen molar-refractivity contribution < 1.29 is 14.3 Å². The van der Waals surface area contributed by atoms with E-state index in [2.05, 4.69) is 0 Å². The maximum atomic E-state index is 10.8. The van der Waals surface area contributed by atoms with Crippen LogP contribution in [0.2, 0.25) is 0 Å². The molecule has 2 heterocycles. The van der Waals surface area contributed by atoms with Crippen molar-refractivity contribution in [3.63, 3.8) is 0 Å². The minimum atomic E-state index is -0.600. The molecule has 0 atom stereocenters. The lowest BCUT2D eigenvalue weighted by atomic mass is 10.1. The highest BCUT2D eigenvalue weighted by molar-refractivity contribution is 5.60. The number of fused-ring (bicyclic) bond motifs is 6. The van der Waals surface area contributed by atoms with Crippen LogP contribution >= 0.6 is 0 Å². The zero-order valence-electron chi connectivity index (χ0n) is 6.45. The van der Waals surface area contributed by atoms with Gasteiger partial charge in [-0.05, 0) is 11.1 Å². The topological polar surface area (TPSA) is 35.5 Å². The summed E-state index contributed by atoms with van der Waals surface area (Å²) in [6.07, 6.45) is -0.600. The summed E-state index contributed by atoms with van der Waals surface area (Å²) in [5.41, 5.74) is 1.97. The molecule has 1 aromatic carbocycles. The molecule has 0 fully saturated rings. The summed E-state index contributed by atoms with van der Waals surface area (Å²) in [4.78, 5) is 10.8. The third-order valence-corrected chi connectivity index (χ3v) is 1.74. The summed E-state index contributed by atoms with van der Waals surface area (Å²) >= 11 is 0. The van der Waals surface area contributed by atoms with Crippen LogP contribution in [0, 0.1) is 0 Å². The number of ether oxygens (including phenoxy) is 2. The second kappa shape index (κ2) is 2.85. The molecule has 0 aliphatic carbocycles. The van der Waals surface area contributed by atoms with Crippen molar-refractivity contribution in [2.75, 3.05) is 0 Å². The Morgan fingerprint density at radius 3 is 1.75 bits per heavy atom. The Balaban J connectivity index is 2.29. The molecule has 0 amide bonds. The van der Waals surface area contributed by atoms with E-state index in [1.807, 2.05) is 24.3 Å². The summed E-state index contributed by atoms with van der Waals surface area (Å²) in [5, 5.41) is 0. The largest absolute Gasteiger partial charge is 0.508 e. The Kier molecular flexibility index (Phi) is 1.70. The van der Waals surface area contributed by atoms with E-state index in [1.165, 1.54) is 0 Å². The number of hydrogen-bond donors (Lipinski definition) is 0. The van der Waals surface area contributed by atoms with Crippen molar-refractivity contribution in [3.05, 3.63) is 35.4 Å². The van der Waals surface area contributed by atoms with Crippen molar-refractivity contribution in [1.82, 2.24) is 0 Å². The number of rotatable bonds is 0. The van der Waals surface area contributed by atoms with Crippen LogP contribution in [0.5, 0.6) is 0 Å². The van der Waals surface area contributed by atoms with Gasteiger partial charge in [0, 0.05) is 0 Å². The molecule has 0 radical (unpaired) electrons. The van der Waals surface area contributed by atoms with E-state index < -0.39 is 6.16 Å². The SMILES string of the molecule is O=C1OCc2ccc(cc2)CO1. The predicted octanol–water partition coefficient (Wildman–Crippen LogP) is 1.85. The van der Waals surface area contributed by atoms with Gasteiger partial charge in [-0.15, -0.1) is 0 Å². The molecule has 0 N–H and O–H groups in total. The summed E-state index contributed by atoms with van der Waals surface area (Å²) in [7, 11) is 0. The van der Waals surface area contributed by atoms with Gasteiger partial charge in [-0.3, -0.25) is 0 Å². The van der Waals surface area contributed by atoms with E-state index in [0.717, 1.165) is 11.1 Å².